The molecule has 0 amide bonds. The van der Waals surface area contributed by atoms with Crippen LogP contribution in [-0.2, 0) is 6.54 Å². The lowest BCUT2D eigenvalue weighted by Crippen LogP contribution is -2.48. The Bertz CT molecular complexity index is 471. The van der Waals surface area contributed by atoms with Crippen molar-refractivity contribution >= 4 is 17.3 Å². The van der Waals surface area contributed by atoms with Crippen LogP contribution in [0.3, 0.4) is 0 Å². The van der Waals surface area contributed by atoms with Crippen molar-refractivity contribution in [2.75, 3.05) is 0 Å². The molecule has 1 atom stereocenters. The molecule has 0 radical (unpaired) electrons. The molecule has 1 N–H and O–H groups in total. The summed E-state index contributed by atoms with van der Waals surface area (Å²) in [6.07, 6.45) is 15.2. The molecule has 134 valence electrons. The number of unbranched alkanes of at least 4 members (excludes halogenated alkanes) is 2. The van der Waals surface area contributed by atoms with E-state index in [1.165, 1.54) is 56.9 Å². The van der Waals surface area contributed by atoms with E-state index in [1.807, 2.05) is 18.5 Å². The number of pyridine rings is 1. The molecule has 0 aliphatic heterocycles. The normalized spacial score (nSPS) is 16.1. The lowest BCUT2D eigenvalue weighted by atomic mass is 10.1. The second-order valence-corrected chi connectivity index (χ2v) is 7.36. The second kappa shape index (κ2) is 10.7. The molecule has 3 nitrogen and oxygen atoms in total. The highest BCUT2D eigenvalue weighted by Crippen LogP contribution is 2.25. The van der Waals surface area contributed by atoms with E-state index in [4.69, 9.17) is 12.2 Å². The highest BCUT2D eigenvalue weighted by molar-refractivity contribution is 7.80. The van der Waals surface area contributed by atoms with Gasteiger partial charge in [-0.2, -0.15) is 0 Å². The second-order valence-electron chi connectivity index (χ2n) is 6.98. The molecule has 0 bridgehead atoms. The van der Waals surface area contributed by atoms with Crippen molar-refractivity contribution in [2.45, 2.75) is 90.3 Å². The molecule has 0 saturated heterocycles. The molecular formula is C20H33N3S. The molecule has 4 heteroatoms. The van der Waals surface area contributed by atoms with E-state index in [9.17, 15) is 0 Å². The topological polar surface area (TPSA) is 28.2 Å². The summed E-state index contributed by atoms with van der Waals surface area (Å²) in [5, 5.41) is 4.60. The Kier molecular flexibility index (Phi) is 8.51. The summed E-state index contributed by atoms with van der Waals surface area (Å²) in [4.78, 5) is 6.68. The van der Waals surface area contributed by atoms with E-state index in [2.05, 4.69) is 35.1 Å². The molecule has 2 rings (SSSR count). The van der Waals surface area contributed by atoms with Gasteiger partial charge in [-0.15, -0.1) is 0 Å². The van der Waals surface area contributed by atoms with Gasteiger partial charge in [-0.3, -0.25) is 4.98 Å². The van der Waals surface area contributed by atoms with Gasteiger partial charge in [0.2, 0.25) is 0 Å². The SMILES string of the molecule is CCCCCC(CC)NC(=S)N(Cc1cccnc1)C1CCCC1. The minimum atomic E-state index is 0.502. The van der Waals surface area contributed by atoms with Crippen molar-refractivity contribution in [2.24, 2.45) is 0 Å². The molecule has 0 spiro atoms. The van der Waals surface area contributed by atoms with Crippen LogP contribution in [0.2, 0.25) is 0 Å². The van der Waals surface area contributed by atoms with Gasteiger partial charge in [0.15, 0.2) is 5.11 Å². The highest BCUT2D eigenvalue weighted by Gasteiger charge is 2.25. The minimum Gasteiger partial charge on any atom is -0.360 e. The first-order valence-corrected chi connectivity index (χ1v) is 10.1. The maximum absolute atomic E-state index is 5.83. The smallest absolute Gasteiger partial charge is 0.169 e. The van der Waals surface area contributed by atoms with E-state index >= 15 is 0 Å². The zero-order valence-electron chi connectivity index (χ0n) is 15.3. The molecule has 0 aromatic carbocycles. The molecule has 1 saturated carbocycles. The van der Waals surface area contributed by atoms with Gasteiger partial charge in [0.1, 0.15) is 0 Å². The van der Waals surface area contributed by atoms with Crippen LogP contribution in [0, 0.1) is 0 Å². The van der Waals surface area contributed by atoms with Gasteiger partial charge in [-0.1, -0.05) is 52.0 Å². The third kappa shape index (κ3) is 6.04. The van der Waals surface area contributed by atoms with E-state index in [-0.39, 0.29) is 0 Å². The first-order valence-electron chi connectivity index (χ1n) is 9.70. The van der Waals surface area contributed by atoms with Gasteiger partial charge in [-0.25, -0.2) is 0 Å². The average Bonchev–Trinajstić information content (AvgIpc) is 3.14. The molecule has 1 aliphatic carbocycles. The van der Waals surface area contributed by atoms with Crippen molar-refractivity contribution in [1.82, 2.24) is 15.2 Å². The van der Waals surface area contributed by atoms with Crippen molar-refractivity contribution < 1.29 is 0 Å². The maximum Gasteiger partial charge on any atom is 0.169 e. The molecule has 1 aromatic heterocycles. The van der Waals surface area contributed by atoms with Crippen LogP contribution in [0.1, 0.15) is 77.2 Å². The summed E-state index contributed by atoms with van der Waals surface area (Å²) >= 11 is 5.83. The predicted octanol–water partition coefficient (Wildman–Crippen LogP) is 5.06. The summed E-state index contributed by atoms with van der Waals surface area (Å²) in [6.45, 7) is 5.39. The Morgan fingerprint density at radius 3 is 2.75 bits per heavy atom. The predicted molar refractivity (Wildman–Crippen MR) is 106 cm³/mol. The summed E-state index contributed by atoms with van der Waals surface area (Å²) in [5.74, 6) is 0. The van der Waals surface area contributed by atoms with Crippen molar-refractivity contribution in [1.29, 1.82) is 0 Å². The summed E-state index contributed by atoms with van der Waals surface area (Å²) in [5.41, 5.74) is 1.24. The Balaban J connectivity index is 1.98. The lowest BCUT2D eigenvalue weighted by molar-refractivity contribution is 0.297. The molecule has 1 unspecified atom stereocenters. The highest BCUT2D eigenvalue weighted by atomic mass is 32.1. The summed E-state index contributed by atoms with van der Waals surface area (Å²) in [6, 6.07) is 5.24. The third-order valence-corrected chi connectivity index (χ3v) is 5.43. The van der Waals surface area contributed by atoms with Crippen LogP contribution < -0.4 is 5.32 Å². The average molecular weight is 348 g/mol. The number of nitrogens with one attached hydrogen (secondary N) is 1. The van der Waals surface area contributed by atoms with Crippen molar-refractivity contribution in [3.8, 4) is 0 Å². The molecule has 1 aromatic rings. The van der Waals surface area contributed by atoms with Gasteiger partial charge >= 0.3 is 0 Å². The molecule has 1 aliphatic rings. The fraction of sp³-hybridized carbons (Fsp3) is 0.700. The lowest BCUT2D eigenvalue weighted by Gasteiger charge is -2.33. The van der Waals surface area contributed by atoms with Gasteiger partial charge in [0.25, 0.3) is 0 Å². The maximum atomic E-state index is 5.83. The van der Waals surface area contributed by atoms with Crippen LogP contribution >= 0.6 is 12.2 Å². The van der Waals surface area contributed by atoms with Crippen molar-refractivity contribution in [3.63, 3.8) is 0 Å². The first-order chi connectivity index (χ1) is 11.7. The Morgan fingerprint density at radius 1 is 1.33 bits per heavy atom. The number of rotatable bonds is 9. The van der Waals surface area contributed by atoms with Crippen LogP contribution in [-0.4, -0.2) is 27.1 Å². The molecule has 1 fully saturated rings. The Labute approximate surface area is 153 Å². The fourth-order valence-electron chi connectivity index (χ4n) is 3.55. The van der Waals surface area contributed by atoms with Gasteiger partial charge in [-0.05, 0) is 49.5 Å². The summed E-state index contributed by atoms with van der Waals surface area (Å²) in [7, 11) is 0. The fourth-order valence-corrected chi connectivity index (χ4v) is 3.93. The largest absolute Gasteiger partial charge is 0.360 e. The molecule has 1 heterocycles. The van der Waals surface area contributed by atoms with Crippen LogP contribution in [0.4, 0.5) is 0 Å². The Morgan fingerprint density at radius 2 is 2.12 bits per heavy atom. The molecule has 24 heavy (non-hydrogen) atoms. The van der Waals surface area contributed by atoms with E-state index < -0.39 is 0 Å². The zero-order chi connectivity index (χ0) is 17.2. The van der Waals surface area contributed by atoms with E-state index in [0.29, 0.717) is 12.1 Å². The monoisotopic (exact) mass is 347 g/mol. The van der Waals surface area contributed by atoms with Gasteiger partial charge in [0, 0.05) is 31.0 Å². The van der Waals surface area contributed by atoms with E-state index in [1.54, 1.807) is 0 Å². The van der Waals surface area contributed by atoms with Gasteiger partial charge in [0.05, 0.1) is 0 Å². The third-order valence-electron chi connectivity index (χ3n) is 5.08. The number of nitrogens with zero attached hydrogens (tertiary/aromatic N) is 2. The quantitative estimate of drug-likeness (QED) is 0.499. The first kappa shape index (κ1) is 19.2. The van der Waals surface area contributed by atoms with Crippen molar-refractivity contribution in [3.05, 3.63) is 30.1 Å². The van der Waals surface area contributed by atoms with Crippen LogP contribution in [0.25, 0.3) is 0 Å². The zero-order valence-corrected chi connectivity index (χ0v) is 16.2. The summed E-state index contributed by atoms with van der Waals surface area (Å²) < 4.78 is 0. The number of hydrogen-bond donors (Lipinski definition) is 1. The Hall–Kier alpha value is -1.16. The number of hydrogen-bond acceptors (Lipinski definition) is 2. The standard InChI is InChI=1S/C20H33N3S/c1-3-5-6-11-18(4-2)22-20(24)23(19-12-7-8-13-19)16-17-10-9-14-21-15-17/h9-10,14-15,18-19H,3-8,11-13,16H2,1-2H3,(H,22,24). The van der Waals surface area contributed by atoms with Gasteiger partial charge < -0.3 is 10.2 Å². The van der Waals surface area contributed by atoms with E-state index in [0.717, 1.165) is 18.1 Å². The van der Waals surface area contributed by atoms with Crippen LogP contribution in [0.15, 0.2) is 24.5 Å². The minimum absolute atomic E-state index is 0.502. The molecular weight excluding hydrogens is 314 g/mol. The number of thiocarbonyl (C=S) groups is 1. The van der Waals surface area contributed by atoms with Crippen LogP contribution in [0.5, 0.6) is 0 Å². The number of aromatic nitrogens is 1.